The van der Waals surface area contributed by atoms with Crippen LogP contribution >= 0.6 is 0 Å². The lowest BCUT2D eigenvalue weighted by atomic mass is 10.0. The number of unbranched alkanes of at least 4 members (excludes halogenated alkanes) is 7. The van der Waals surface area contributed by atoms with Crippen LogP contribution in [0.25, 0.3) is 0 Å². The van der Waals surface area contributed by atoms with Crippen LogP contribution in [0.15, 0.2) is 0 Å². The molecule has 0 saturated heterocycles. The molecular weight excluding hydrogens is 220 g/mol. The van der Waals surface area contributed by atoms with Gasteiger partial charge in [0.15, 0.2) is 0 Å². The van der Waals surface area contributed by atoms with Crippen LogP contribution in [-0.2, 0) is 0 Å². The molecule has 3 N–H and O–H groups in total. The predicted molar refractivity (Wildman–Crippen MR) is 82.9 cm³/mol. The molecule has 2 heteroatoms. The van der Waals surface area contributed by atoms with Crippen LogP contribution in [0.2, 0.25) is 0 Å². The van der Waals surface area contributed by atoms with Gasteiger partial charge in [0.1, 0.15) is 0 Å². The van der Waals surface area contributed by atoms with Crippen molar-refractivity contribution in [2.24, 2.45) is 11.7 Å². The third-order valence-electron chi connectivity index (χ3n) is 3.55. The van der Waals surface area contributed by atoms with E-state index in [0.29, 0.717) is 6.04 Å². The molecule has 1 atom stereocenters. The highest BCUT2D eigenvalue weighted by Crippen LogP contribution is 2.12. The maximum Gasteiger partial charge on any atom is 0.0161 e. The maximum atomic E-state index is 5.55. The highest BCUT2D eigenvalue weighted by Gasteiger charge is 1.97. The van der Waals surface area contributed by atoms with E-state index in [0.717, 1.165) is 19.0 Å². The Labute approximate surface area is 115 Å². The first-order chi connectivity index (χ1) is 8.66. The lowest BCUT2D eigenvalue weighted by molar-refractivity contribution is 0.497. The van der Waals surface area contributed by atoms with Gasteiger partial charge in [-0.05, 0) is 25.8 Å². The van der Waals surface area contributed by atoms with Crippen molar-refractivity contribution in [3.63, 3.8) is 0 Å². The molecule has 0 heterocycles. The van der Waals surface area contributed by atoms with Gasteiger partial charge in [-0.3, -0.25) is 0 Å². The van der Waals surface area contributed by atoms with Gasteiger partial charge in [-0.15, -0.1) is 0 Å². The van der Waals surface area contributed by atoms with E-state index in [1.165, 1.54) is 57.8 Å². The van der Waals surface area contributed by atoms with Gasteiger partial charge in [0.2, 0.25) is 0 Å². The molecule has 0 fully saturated rings. The fourth-order valence-electron chi connectivity index (χ4n) is 2.17. The molecule has 0 aromatic rings. The molecule has 0 bridgehead atoms. The van der Waals surface area contributed by atoms with Crippen molar-refractivity contribution < 1.29 is 0 Å². The molecule has 0 rings (SSSR count). The number of nitrogens with one attached hydrogen (secondary N) is 1. The molecular formula is C16H36N2. The van der Waals surface area contributed by atoms with Crippen molar-refractivity contribution in [3.8, 4) is 0 Å². The van der Waals surface area contributed by atoms with E-state index in [1.807, 2.05) is 0 Å². The molecule has 0 saturated carbocycles. The predicted octanol–water partition coefficient (Wildman–Crippen LogP) is 4.09. The fraction of sp³-hybridized carbons (Fsp3) is 1.00. The second-order valence-corrected chi connectivity index (χ2v) is 6.10. The van der Waals surface area contributed by atoms with Gasteiger partial charge < -0.3 is 11.1 Å². The van der Waals surface area contributed by atoms with Crippen LogP contribution in [0.3, 0.4) is 0 Å². The SMILES string of the molecule is CC(C)CCCCCCCCCCNC(C)CN. The summed E-state index contributed by atoms with van der Waals surface area (Å²) < 4.78 is 0. The van der Waals surface area contributed by atoms with Gasteiger partial charge in [0.05, 0.1) is 0 Å². The summed E-state index contributed by atoms with van der Waals surface area (Å²) in [6.07, 6.45) is 12.7. The van der Waals surface area contributed by atoms with Crippen molar-refractivity contribution in [2.45, 2.75) is 84.6 Å². The number of rotatable bonds is 13. The number of hydrogen-bond donors (Lipinski definition) is 2. The lowest BCUT2D eigenvalue weighted by Crippen LogP contribution is -2.33. The molecule has 110 valence electrons. The monoisotopic (exact) mass is 256 g/mol. The van der Waals surface area contributed by atoms with Gasteiger partial charge >= 0.3 is 0 Å². The number of hydrogen-bond acceptors (Lipinski definition) is 2. The van der Waals surface area contributed by atoms with Crippen molar-refractivity contribution >= 4 is 0 Å². The second kappa shape index (κ2) is 13.4. The summed E-state index contributed by atoms with van der Waals surface area (Å²) in [5.74, 6) is 0.883. The lowest BCUT2D eigenvalue weighted by Gasteiger charge is -2.10. The Morgan fingerprint density at radius 2 is 1.28 bits per heavy atom. The Bertz CT molecular complexity index is 157. The van der Waals surface area contributed by atoms with Crippen molar-refractivity contribution in [2.75, 3.05) is 13.1 Å². The van der Waals surface area contributed by atoms with Crippen LogP contribution in [0, 0.1) is 5.92 Å². The van der Waals surface area contributed by atoms with Crippen molar-refractivity contribution in [1.82, 2.24) is 5.32 Å². The van der Waals surface area contributed by atoms with E-state index in [4.69, 9.17) is 5.73 Å². The second-order valence-electron chi connectivity index (χ2n) is 6.10. The smallest absolute Gasteiger partial charge is 0.0161 e. The molecule has 0 aliphatic rings. The summed E-state index contributed by atoms with van der Waals surface area (Å²) in [6, 6.07) is 0.478. The Balaban J connectivity index is 2.99. The van der Waals surface area contributed by atoms with Gasteiger partial charge in [0.25, 0.3) is 0 Å². The summed E-state index contributed by atoms with van der Waals surface area (Å²) in [5.41, 5.74) is 5.55. The van der Waals surface area contributed by atoms with E-state index in [-0.39, 0.29) is 0 Å². The van der Waals surface area contributed by atoms with E-state index in [2.05, 4.69) is 26.1 Å². The minimum Gasteiger partial charge on any atom is -0.329 e. The molecule has 2 nitrogen and oxygen atoms in total. The molecule has 1 unspecified atom stereocenters. The molecule has 0 aromatic carbocycles. The van der Waals surface area contributed by atoms with Crippen molar-refractivity contribution in [3.05, 3.63) is 0 Å². The highest BCUT2D eigenvalue weighted by atomic mass is 14.9. The third-order valence-corrected chi connectivity index (χ3v) is 3.55. The molecule has 0 amide bonds. The molecule has 0 aliphatic heterocycles. The molecule has 0 aromatic heterocycles. The van der Waals surface area contributed by atoms with E-state index in [1.54, 1.807) is 0 Å². The summed E-state index contributed by atoms with van der Waals surface area (Å²) in [5, 5.41) is 3.44. The Kier molecular flexibility index (Phi) is 13.3. The average Bonchev–Trinajstić information content (AvgIpc) is 2.35. The zero-order valence-electron chi connectivity index (χ0n) is 13.0. The van der Waals surface area contributed by atoms with Crippen molar-refractivity contribution in [1.29, 1.82) is 0 Å². The van der Waals surface area contributed by atoms with Crippen LogP contribution in [0.4, 0.5) is 0 Å². The van der Waals surface area contributed by atoms with E-state index < -0.39 is 0 Å². The maximum absolute atomic E-state index is 5.55. The van der Waals surface area contributed by atoms with Crippen LogP contribution in [0.5, 0.6) is 0 Å². The van der Waals surface area contributed by atoms with Crippen LogP contribution < -0.4 is 11.1 Å². The summed E-state index contributed by atoms with van der Waals surface area (Å²) in [6.45, 7) is 8.67. The number of nitrogens with two attached hydrogens (primary N) is 1. The van der Waals surface area contributed by atoms with Gasteiger partial charge in [-0.2, -0.15) is 0 Å². The minimum absolute atomic E-state index is 0.478. The fourth-order valence-corrected chi connectivity index (χ4v) is 2.17. The largest absolute Gasteiger partial charge is 0.329 e. The molecule has 0 aliphatic carbocycles. The van der Waals surface area contributed by atoms with Gasteiger partial charge in [-0.1, -0.05) is 65.2 Å². The molecule has 18 heavy (non-hydrogen) atoms. The first-order valence-corrected chi connectivity index (χ1v) is 8.10. The standard InChI is InChI=1S/C16H36N2/c1-15(2)12-10-8-6-4-5-7-9-11-13-18-16(3)14-17/h15-16,18H,4-14,17H2,1-3H3. The van der Waals surface area contributed by atoms with Crippen LogP contribution in [-0.4, -0.2) is 19.1 Å². The molecule has 0 radical (unpaired) electrons. The summed E-state index contributed by atoms with van der Waals surface area (Å²) in [7, 11) is 0. The van der Waals surface area contributed by atoms with Gasteiger partial charge in [-0.25, -0.2) is 0 Å². The van der Waals surface area contributed by atoms with E-state index in [9.17, 15) is 0 Å². The van der Waals surface area contributed by atoms with Gasteiger partial charge in [0, 0.05) is 12.6 Å². The Hall–Kier alpha value is -0.0800. The minimum atomic E-state index is 0.478. The summed E-state index contributed by atoms with van der Waals surface area (Å²) >= 11 is 0. The first kappa shape index (κ1) is 17.9. The zero-order chi connectivity index (χ0) is 13.6. The quantitative estimate of drug-likeness (QED) is 0.487. The van der Waals surface area contributed by atoms with E-state index >= 15 is 0 Å². The topological polar surface area (TPSA) is 38.0 Å². The third kappa shape index (κ3) is 14.0. The Morgan fingerprint density at radius 3 is 1.78 bits per heavy atom. The Morgan fingerprint density at radius 1 is 0.778 bits per heavy atom. The summed E-state index contributed by atoms with van der Waals surface area (Å²) in [4.78, 5) is 0. The average molecular weight is 256 g/mol. The molecule has 0 spiro atoms. The zero-order valence-corrected chi connectivity index (χ0v) is 13.0. The normalized spacial score (nSPS) is 13.2. The van der Waals surface area contributed by atoms with Crippen LogP contribution in [0.1, 0.15) is 78.6 Å². The first-order valence-electron chi connectivity index (χ1n) is 8.10. The highest BCUT2D eigenvalue weighted by molar-refractivity contribution is 4.60.